The van der Waals surface area contributed by atoms with Gasteiger partial charge in [0.1, 0.15) is 6.04 Å². The van der Waals surface area contributed by atoms with E-state index in [0.717, 1.165) is 0 Å². The zero-order chi connectivity index (χ0) is 17.5. The van der Waals surface area contributed by atoms with Crippen LogP contribution in [0.1, 0.15) is 31.7 Å². The lowest BCUT2D eigenvalue weighted by Gasteiger charge is -2.17. The first-order chi connectivity index (χ1) is 11.5. The average molecular weight is 330 g/mol. The second-order valence-electron chi connectivity index (χ2n) is 5.29. The summed E-state index contributed by atoms with van der Waals surface area (Å²) in [6.07, 6.45) is 1.26. The monoisotopic (exact) mass is 330 g/mol. The van der Waals surface area contributed by atoms with E-state index in [2.05, 4.69) is 10.2 Å². The van der Waals surface area contributed by atoms with E-state index >= 15 is 0 Å². The average Bonchev–Trinajstić information content (AvgIpc) is 2.94. The molecule has 1 atom stereocenters. The van der Waals surface area contributed by atoms with E-state index < -0.39 is 18.0 Å². The van der Waals surface area contributed by atoms with Gasteiger partial charge in [0.25, 0.3) is 0 Å². The van der Waals surface area contributed by atoms with E-state index in [1.165, 1.54) is 4.90 Å². The maximum Gasteiger partial charge on any atom is 0.348 e. The molecule has 0 aromatic heterocycles. The van der Waals surface area contributed by atoms with Crippen LogP contribution in [-0.4, -0.2) is 30.5 Å². The molecule has 0 aliphatic carbocycles. The number of amides is 3. The molecular formula is C16H18N4O4. The molecule has 3 amide bonds. The smallest absolute Gasteiger partial charge is 0.339 e. The molecule has 1 aromatic rings. The van der Waals surface area contributed by atoms with Gasteiger partial charge in [-0.05, 0) is 37.1 Å². The van der Waals surface area contributed by atoms with Crippen molar-refractivity contribution in [3.05, 3.63) is 29.8 Å². The minimum absolute atomic E-state index is 0.203. The van der Waals surface area contributed by atoms with Crippen molar-refractivity contribution in [3.63, 3.8) is 0 Å². The normalized spacial score (nSPS) is 16.4. The van der Waals surface area contributed by atoms with E-state index in [9.17, 15) is 14.4 Å². The standard InChI is InChI=1S/C16H18N4O4/c1-2-3-14(21)24-19-16(23)18-13-8-9-20(15(13)22)12-6-4-11(10-17)5-7-12/h4-7,13H,2-3,8-9H2,1H3,(H2,18,19,23)/t13-/m1/s1. The minimum atomic E-state index is -0.737. The molecule has 0 saturated carbocycles. The number of hydrogen-bond donors (Lipinski definition) is 2. The van der Waals surface area contributed by atoms with Gasteiger partial charge in [-0.15, -0.1) is 0 Å². The van der Waals surface area contributed by atoms with Crippen LogP contribution in [0.4, 0.5) is 10.5 Å². The summed E-state index contributed by atoms with van der Waals surface area (Å²) in [5.41, 5.74) is 3.15. The fourth-order valence-electron chi connectivity index (χ4n) is 2.33. The highest BCUT2D eigenvalue weighted by Crippen LogP contribution is 2.21. The van der Waals surface area contributed by atoms with Crippen molar-refractivity contribution < 1.29 is 19.2 Å². The van der Waals surface area contributed by atoms with E-state index in [1.807, 2.05) is 18.5 Å². The van der Waals surface area contributed by atoms with Crippen LogP contribution in [0.5, 0.6) is 0 Å². The SMILES string of the molecule is CCCC(=O)ONC(=O)N[C@@H]1CCN(c2ccc(C#N)cc2)C1=O. The number of nitrogens with zero attached hydrogens (tertiary/aromatic N) is 2. The zero-order valence-electron chi connectivity index (χ0n) is 13.2. The Balaban J connectivity index is 1.88. The Morgan fingerprint density at radius 2 is 2.08 bits per heavy atom. The van der Waals surface area contributed by atoms with Crippen molar-refractivity contribution in [2.45, 2.75) is 32.2 Å². The van der Waals surface area contributed by atoms with Crippen molar-refractivity contribution >= 4 is 23.6 Å². The zero-order valence-corrected chi connectivity index (χ0v) is 13.2. The summed E-state index contributed by atoms with van der Waals surface area (Å²) in [6.45, 7) is 2.27. The summed E-state index contributed by atoms with van der Waals surface area (Å²) in [5.74, 6) is -0.792. The molecule has 8 heteroatoms. The molecule has 0 bridgehead atoms. The number of hydroxylamine groups is 1. The Labute approximate surface area is 139 Å². The number of anilines is 1. The van der Waals surface area contributed by atoms with Gasteiger partial charge in [0.2, 0.25) is 5.91 Å². The van der Waals surface area contributed by atoms with Gasteiger partial charge in [-0.1, -0.05) is 6.92 Å². The van der Waals surface area contributed by atoms with Crippen molar-refractivity contribution in [2.24, 2.45) is 0 Å². The van der Waals surface area contributed by atoms with Crippen LogP contribution in [0, 0.1) is 11.3 Å². The predicted molar refractivity (Wildman–Crippen MR) is 84.6 cm³/mol. The number of carbonyl (C=O) groups is 3. The van der Waals surface area contributed by atoms with Crippen molar-refractivity contribution in [2.75, 3.05) is 11.4 Å². The molecule has 126 valence electrons. The number of carbonyl (C=O) groups excluding carboxylic acids is 3. The van der Waals surface area contributed by atoms with Gasteiger partial charge in [0.05, 0.1) is 11.6 Å². The van der Waals surface area contributed by atoms with Gasteiger partial charge in [-0.25, -0.2) is 9.59 Å². The molecular weight excluding hydrogens is 312 g/mol. The third-order valence-corrected chi connectivity index (χ3v) is 3.53. The maximum atomic E-state index is 12.3. The number of benzene rings is 1. The molecule has 8 nitrogen and oxygen atoms in total. The molecule has 1 aliphatic heterocycles. The lowest BCUT2D eigenvalue weighted by atomic mass is 10.2. The number of nitriles is 1. The Bertz CT molecular complexity index is 666. The van der Waals surface area contributed by atoms with Gasteiger partial charge in [0, 0.05) is 18.7 Å². The highest BCUT2D eigenvalue weighted by atomic mass is 16.7. The first kappa shape index (κ1) is 17.3. The lowest BCUT2D eigenvalue weighted by molar-refractivity contribution is -0.148. The van der Waals surface area contributed by atoms with Gasteiger partial charge in [0.15, 0.2) is 0 Å². The number of hydrogen-bond acceptors (Lipinski definition) is 5. The van der Waals surface area contributed by atoms with Gasteiger partial charge >= 0.3 is 12.0 Å². The molecule has 0 radical (unpaired) electrons. The van der Waals surface area contributed by atoms with Crippen LogP contribution in [0.25, 0.3) is 0 Å². The third kappa shape index (κ3) is 4.23. The predicted octanol–water partition coefficient (Wildman–Crippen LogP) is 1.22. The minimum Gasteiger partial charge on any atom is -0.339 e. The van der Waals surface area contributed by atoms with Crippen molar-refractivity contribution in [1.29, 1.82) is 5.26 Å². The fraction of sp³-hybridized carbons (Fsp3) is 0.375. The number of nitrogens with one attached hydrogen (secondary N) is 2. The Morgan fingerprint density at radius 1 is 1.38 bits per heavy atom. The summed E-state index contributed by atoms with van der Waals surface area (Å²) in [6, 6.07) is 7.22. The third-order valence-electron chi connectivity index (χ3n) is 3.53. The Morgan fingerprint density at radius 3 is 2.71 bits per heavy atom. The van der Waals surface area contributed by atoms with Crippen LogP contribution < -0.4 is 15.7 Å². The van der Waals surface area contributed by atoms with Gasteiger partial charge in [-0.3, -0.25) is 4.79 Å². The molecule has 2 rings (SSSR count). The molecule has 1 aromatic carbocycles. The summed E-state index contributed by atoms with van der Waals surface area (Å²) >= 11 is 0. The second-order valence-corrected chi connectivity index (χ2v) is 5.29. The van der Waals surface area contributed by atoms with Gasteiger partial charge < -0.3 is 15.1 Å². The largest absolute Gasteiger partial charge is 0.348 e. The molecule has 0 unspecified atom stereocenters. The van der Waals surface area contributed by atoms with Crippen LogP contribution in [0.2, 0.25) is 0 Å². The topological polar surface area (TPSA) is 112 Å². The summed E-state index contributed by atoms with van der Waals surface area (Å²) in [7, 11) is 0. The number of urea groups is 1. The molecule has 1 fully saturated rings. The van der Waals surface area contributed by atoms with E-state index in [1.54, 1.807) is 24.3 Å². The van der Waals surface area contributed by atoms with Crippen molar-refractivity contribution in [1.82, 2.24) is 10.8 Å². The Hall–Kier alpha value is -3.08. The van der Waals surface area contributed by atoms with Crippen LogP contribution >= 0.6 is 0 Å². The highest BCUT2D eigenvalue weighted by Gasteiger charge is 2.33. The molecule has 2 N–H and O–H groups in total. The molecule has 1 saturated heterocycles. The first-order valence-electron chi connectivity index (χ1n) is 7.63. The molecule has 0 spiro atoms. The fourth-order valence-corrected chi connectivity index (χ4v) is 2.33. The summed E-state index contributed by atoms with van der Waals surface area (Å²) in [5, 5.41) is 11.3. The molecule has 24 heavy (non-hydrogen) atoms. The quantitative estimate of drug-likeness (QED) is 0.806. The van der Waals surface area contributed by atoms with Crippen LogP contribution in [-0.2, 0) is 14.4 Å². The summed E-state index contributed by atoms with van der Waals surface area (Å²) in [4.78, 5) is 41.3. The van der Waals surface area contributed by atoms with Crippen molar-refractivity contribution in [3.8, 4) is 6.07 Å². The first-order valence-corrected chi connectivity index (χ1v) is 7.63. The van der Waals surface area contributed by atoms with E-state index in [-0.39, 0.29) is 12.3 Å². The van der Waals surface area contributed by atoms with E-state index in [4.69, 9.17) is 5.26 Å². The maximum absolute atomic E-state index is 12.3. The van der Waals surface area contributed by atoms with E-state index in [0.29, 0.717) is 30.6 Å². The Kier molecular flexibility index (Phi) is 5.73. The molecule has 1 aliphatic rings. The number of rotatable bonds is 4. The summed E-state index contributed by atoms with van der Waals surface area (Å²) < 4.78 is 0. The highest BCUT2D eigenvalue weighted by molar-refractivity contribution is 6.01. The van der Waals surface area contributed by atoms with Crippen LogP contribution in [0.3, 0.4) is 0 Å². The van der Waals surface area contributed by atoms with Gasteiger partial charge in [-0.2, -0.15) is 10.7 Å². The van der Waals surface area contributed by atoms with Crippen LogP contribution in [0.15, 0.2) is 24.3 Å². The second kappa shape index (κ2) is 7.97. The molecule has 1 heterocycles. The lowest BCUT2D eigenvalue weighted by Crippen LogP contribution is -2.46.